The number of carbonyl (C=O) groups is 1. The molecule has 2 heterocycles. The van der Waals surface area contributed by atoms with Crippen LogP contribution in [0.4, 0.5) is 5.69 Å². The van der Waals surface area contributed by atoms with Crippen LogP contribution in [-0.2, 0) is 6.61 Å². The molecule has 6 nitrogen and oxygen atoms in total. The number of rotatable bonds is 7. The second-order valence-corrected chi connectivity index (χ2v) is 7.73. The second kappa shape index (κ2) is 10.1. The number of carbonyl (C=O) groups excluding carboxylic acids is 1. The molecule has 4 rings (SSSR count). The molecule has 2 aromatic carbocycles. The fourth-order valence-electron chi connectivity index (χ4n) is 3.66. The summed E-state index contributed by atoms with van der Waals surface area (Å²) in [6, 6.07) is 15.5. The number of benzene rings is 2. The predicted octanol–water partition coefficient (Wildman–Crippen LogP) is 5.23. The van der Waals surface area contributed by atoms with Crippen molar-refractivity contribution in [3.63, 3.8) is 0 Å². The van der Waals surface area contributed by atoms with E-state index in [0.717, 1.165) is 18.7 Å². The van der Waals surface area contributed by atoms with Crippen molar-refractivity contribution in [2.75, 3.05) is 18.0 Å². The molecule has 1 aliphatic heterocycles. The maximum atomic E-state index is 12.5. The summed E-state index contributed by atoms with van der Waals surface area (Å²) in [5.74, 6) is 1.72. The molecule has 0 bridgehead atoms. The third-order valence-electron chi connectivity index (χ3n) is 5.37. The summed E-state index contributed by atoms with van der Waals surface area (Å²) in [7, 11) is 0. The summed E-state index contributed by atoms with van der Waals surface area (Å²) in [4.78, 5) is 19.1. The van der Waals surface area contributed by atoms with Crippen molar-refractivity contribution >= 4 is 17.5 Å². The molecule has 0 saturated carbocycles. The van der Waals surface area contributed by atoms with Crippen LogP contribution in [-0.4, -0.2) is 29.0 Å². The number of nitrogens with zero attached hydrogens (tertiary/aromatic N) is 3. The van der Waals surface area contributed by atoms with Crippen LogP contribution < -0.4 is 9.64 Å². The standard InChI is InChI=1S/C25H27N3O3/c1-19-26-25(27-31-19)18-30-23-13-6-20(7-14-23)8-15-24(29)21-9-11-22(12-10-21)28-16-4-2-3-5-17-28/h6-15H,2-5,16-18H2,1H3/b15-8+. The van der Waals surface area contributed by atoms with Crippen molar-refractivity contribution in [1.29, 1.82) is 0 Å². The maximum absolute atomic E-state index is 12.5. The zero-order valence-electron chi connectivity index (χ0n) is 17.8. The average Bonchev–Trinajstić information content (AvgIpc) is 3.04. The van der Waals surface area contributed by atoms with Crippen LogP contribution in [0.3, 0.4) is 0 Å². The molecule has 0 unspecified atom stereocenters. The molecule has 1 aliphatic rings. The molecule has 31 heavy (non-hydrogen) atoms. The van der Waals surface area contributed by atoms with Crippen molar-refractivity contribution in [2.24, 2.45) is 0 Å². The number of allylic oxidation sites excluding steroid dienone is 1. The number of ether oxygens (including phenoxy) is 1. The number of hydrogen-bond donors (Lipinski definition) is 0. The van der Waals surface area contributed by atoms with E-state index in [2.05, 4.69) is 27.2 Å². The van der Waals surface area contributed by atoms with Crippen LogP contribution in [0.1, 0.15) is 53.3 Å². The van der Waals surface area contributed by atoms with Crippen molar-refractivity contribution in [1.82, 2.24) is 10.1 Å². The second-order valence-electron chi connectivity index (χ2n) is 7.73. The highest BCUT2D eigenvalue weighted by molar-refractivity contribution is 6.07. The smallest absolute Gasteiger partial charge is 0.223 e. The van der Waals surface area contributed by atoms with Gasteiger partial charge in [-0.05, 0) is 60.9 Å². The lowest BCUT2D eigenvalue weighted by Crippen LogP contribution is -2.23. The lowest BCUT2D eigenvalue weighted by molar-refractivity contribution is 0.104. The van der Waals surface area contributed by atoms with E-state index in [1.165, 1.54) is 31.4 Å². The van der Waals surface area contributed by atoms with Gasteiger partial charge < -0.3 is 14.2 Å². The Balaban J connectivity index is 1.31. The van der Waals surface area contributed by atoms with Crippen LogP contribution in [0.25, 0.3) is 6.08 Å². The van der Waals surface area contributed by atoms with Crippen LogP contribution in [0.2, 0.25) is 0 Å². The van der Waals surface area contributed by atoms with Crippen LogP contribution in [0.5, 0.6) is 5.75 Å². The lowest BCUT2D eigenvalue weighted by Gasteiger charge is -2.22. The molecule has 0 amide bonds. The summed E-state index contributed by atoms with van der Waals surface area (Å²) in [6.45, 7) is 4.19. The Bertz CT molecular complexity index is 1010. The van der Waals surface area contributed by atoms with E-state index >= 15 is 0 Å². The van der Waals surface area contributed by atoms with E-state index in [4.69, 9.17) is 9.26 Å². The van der Waals surface area contributed by atoms with Gasteiger partial charge in [-0.15, -0.1) is 0 Å². The monoisotopic (exact) mass is 417 g/mol. The van der Waals surface area contributed by atoms with Crippen molar-refractivity contribution in [3.8, 4) is 5.75 Å². The quantitative estimate of drug-likeness (QED) is 0.387. The van der Waals surface area contributed by atoms with Crippen LogP contribution >= 0.6 is 0 Å². The van der Waals surface area contributed by atoms with Gasteiger partial charge in [-0.25, -0.2) is 0 Å². The zero-order chi connectivity index (χ0) is 21.5. The number of aromatic nitrogens is 2. The van der Waals surface area contributed by atoms with E-state index < -0.39 is 0 Å². The summed E-state index contributed by atoms with van der Waals surface area (Å²) in [5.41, 5.74) is 2.83. The van der Waals surface area contributed by atoms with Crippen molar-refractivity contribution in [3.05, 3.63) is 77.4 Å². The first-order valence-corrected chi connectivity index (χ1v) is 10.8. The molecule has 1 saturated heterocycles. The maximum Gasteiger partial charge on any atom is 0.223 e. The Morgan fingerprint density at radius 1 is 1.03 bits per heavy atom. The number of aryl methyl sites for hydroxylation is 1. The van der Waals surface area contributed by atoms with E-state index in [1.807, 2.05) is 42.5 Å². The summed E-state index contributed by atoms with van der Waals surface area (Å²) >= 11 is 0. The molecule has 0 N–H and O–H groups in total. The van der Waals surface area contributed by atoms with E-state index in [1.54, 1.807) is 13.0 Å². The number of hydrogen-bond acceptors (Lipinski definition) is 6. The molecule has 1 fully saturated rings. The van der Waals surface area contributed by atoms with Gasteiger partial charge in [0.05, 0.1) is 0 Å². The van der Waals surface area contributed by atoms with Gasteiger partial charge in [0.1, 0.15) is 5.75 Å². The average molecular weight is 418 g/mol. The first-order valence-electron chi connectivity index (χ1n) is 10.8. The highest BCUT2D eigenvalue weighted by atomic mass is 16.5. The highest BCUT2D eigenvalue weighted by Gasteiger charge is 2.10. The first-order chi connectivity index (χ1) is 15.2. The van der Waals surface area contributed by atoms with Gasteiger partial charge >= 0.3 is 0 Å². The molecule has 0 aliphatic carbocycles. The Morgan fingerprint density at radius 3 is 2.39 bits per heavy atom. The normalized spacial score (nSPS) is 14.5. The zero-order valence-corrected chi connectivity index (χ0v) is 17.8. The van der Waals surface area contributed by atoms with Crippen LogP contribution in [0, 0.1) is 6.92 Å². The molecule has 0 spiro atoms. The minimum atomic E-state index is -0.00443. The van der Waals surface area contributed by atoms with Crippen LogP contribution in [0.15, 0.2) is 59.1 Å². The topological polar surface area (TPSA) is 68.5 Å². The molecule has 160 valence electrons. The van der Waals surface area contributed by atoms with E-state index in [-0.39, 0.29) is 12.4 Å². The van der Waals surface area contributed by atoms with Crippen molar-refractivity contribution < 1.29 is 14.1 Å². The van der Waals surface area contributed by atoms with Gasteiger partial charge in [0.25, 0.3) is 0 Å². The Kier molecular flexibility index (Phi) is 6.77. The number of ketones is 1. The van der Waals surface area contributed by atoms with Gasteiger partial charge in [-0.3, -0.25) is 4.79 Å². The van der Waals surface area contributed by atoms with E-state index in [9.17, 15) is 4.79 Å². The minimum absolute atomic E-state index is 0.00443. The first kappa shape index (κ1) is 20.8. The van der Waals surface area contributed by atoms with Gasteiger partial charge in [0, 0.05) is 31.3 Å². The molecule has 1 aromatic heterocycles. The number of anilines is 1. The van der Waals surface area contributed by atoms with E-state index in [0.29, 0.717) is 23.0 Å². The largest absolute Gasteiger partial charge is 0.485 e. The van der Waals surface area contributed by atoms with Gasteiger partial charge in [-0.2, -0.15) is 4.98 Å². The minimum Gasteiger partial charge on any atom is -0.485 e. The van der Waals surface area contributed by atoms with Gasteiger partial charge in [0.2, 0.25) is 11.7 Å². The Morgan fingerprint density at radius 2 is 1.74 bits per heavy atom. The lowest BCUT2D eigenvalue weighted by atomic mass is 10.1. The Hall–Kier alpha value is -3.41. The summed E-state index contributed by atoms with van der Waals surface area (Å²) < 4.78 is 10.6. The molecular formula is C25H27N3O3. The Labute approximate surface area is 182 Å². The fourth-order valence-corrected chi connectivity index (χ4v) is 3.66. The summed E-state index contributed by atoms with van der Waals surface area (Å²) in [6.07, 6.45) is 8.53. The van der Waals surface area contributed by atoms with Gasteiger partial charge in [0.15, 0.2) is 12.4 Å². The molecule has 3 aromatic rings. The predicted molar refractivity (Wildman–Crippen MR) is 120 cm³/mol. The third kappa shape index (κ3) is 5.81. The summed E-state index contributed by atoms with van der Waals surface area (Å²) in [5, 5.41) is 3.80. The molecule has 0 radical (unpaired) electrons. The van der Waals surface area contributed by atoms with Gasteiger partial charge in [-0.1, -0.05) is 36.2 Å². The highest BCUT2D eigenvalue weighted by Crippen LogP contribution is 2.21. The van der Waals surface area contributed by atoms with Crippen molar-refractivity contribution in [2.45, 2.75) is 39.2 Å². The molecular weight excluding hydrogens is 390 g/mol. The fraction of sp³-hybridized carbons (Fsp3) is 0.320. The molecule has 6 heteroatoms. The third-order valence-corrected chi connectivity index (χ3v) is 5.37. The molecule has 0 atom stereocenters. The SMILES string of the molecule is Cc1nc(COc2ccc(/C=C/C(=O)c3ccc(N4CCCCCC4)cc3)cc2)no1.